The summed E-state index contributed by atoms with van der Waals surface area (Å²) in [5.74, 6) is 2.52. The van der Waals surface area contributed by atoms with Crippen LogP contribution in [-0.4, -0.2) is 51.2 Å². The fourth-order valence-electron chi connectivity index (χ4n) is 3.50. The number of hydrogen-bond acceptors (Lipinski definition) is 3. The summed E-state index contributed by atoms with van der Waals surface area (Å²) in [6.45, 7) is 10.0. The molecule has 0 spiro atoms. The molecule has 27 heavy (non-hydrogen) atoms. The van der Waals surface area contributed by atoms with Crippen LogP contribution in [0.2, 0.25) is 0 Å². The van der Waals surface area contributed by atoms with Crippen molar-refractivity contribution in [2.75, 3.05) is 31.9 Å². The zero-order valence-corrected chi connectivity index (χ0v) is 19.9. The van der Waals surface area contributed by atoms with Crippen LogP contribution in [0, 0.1) is 11.8 Å². The highest BCUT2D eigenvalue weighted by atomic mass is 127. The summed E-state index contributed by atoms with van der Waals surface area (Å²) in [6, 6.07) is 8.66. The molecule has 0 amide bonds. The Morgan fingerprint density at radius 2 is 2.00 bits per heavy atom. The van der Waals surface area contributed by atoms with E-state index in [0.29, 0.717) is 17.9 Å². The van der Waals surface area contributed by atoms with Crippen molar-refractivity contribution in [1.82, 2.24) is 10.2 Å². The van der Waals surface area contributed by atoms with Gasteiger partial charge < -0.3 is 10.2 Å². The molecule has 0 bridgehead atoms. The average Bonchev–Trinajstić information content (AvgIpc) is 3.06. The molecule has 154 valence electrons. The van der Waals surface area contributed by atoms with Gasteiger partial charge >= 0.3 is 0 Å². The third-order valence-corrected chi connectivity index (χ3v) is 6.48. The number of nitrogens with one attached hydrogen (secondary N) is 1. The molecule has 1 fully saturated rings. The number of nitrogens with zero attached hydrogens (tertiary/aromatic N) is 2. The molecule has 1 unspecified atom stereocenters. The van der Waals surface area contributed by atoms with Gasteiger partial charge in [0.1, 0.15) is 0 Å². The van der Waals surface area contributed by atoms with Gasteiger partial charge in [0, 0.05) is 26.2 Å². The lowest BCUT2D eigenvalue weighted by molar-refractivity contribution is 0.403. The zero-order valence-electron chi connectivity index (χ0n) is 16.7. The van der Waals surface area contributed by atoms with Gasteiger partial charge in [0.05, 0.1) is 10.6 Å². The number of guanidine groups is 1. The van der Waals surface area contributed by atoms with E-state index in [1.807, 2.05) is 6.07 Å². The second kappa shape index (κ2) is 11.9. The number of aliphatic imine (C=N–C) groups is 1. The standard InChI is InChI=1S/C20H33N3O2S.HI/c1-4-21-20(23-13-11-18(16-23)15-17(2)3)22-12-8-14-26(24,25)19-9-6-5-7-10-19;/h5-7,9-10,17-18H,4,8,11-16H2,1-3H3,(H,21,22);1H. The quantitative estimate of drug-likeness (QED) is 0.252. The van der Waals surface area contributed by atoms with E-state index in [1.54, 1.807) is 24.3 Å². The van der Waals surface area contributed by atoms with E-state index in [4.69, 9.17) is 0 Å². The first kappa shape index (κ1) is 24.2. The van der Waals surface area contributed by atoms with Crippen molar-refractivity contribution in [1.29, 1.82) is 0 Å². The lowest BCUT2D eigenvalue weighted by Crippen LogP contribution is -2.40. The second-order valence-electron chi connectivity index (χ2n) is 7.45. The molecule has 1 aliphatic rings. The smallest absolute Gasteiger partial charge is 0.193 e. The SMILES string of the molecule is CCNC(=NCCCS(=O)(=O)c1ccccc1)N1CCC(CC(C)C)C1.I. The molecule has 0 aliphatic carbocycles. The third-order valence-electron chi connectivity index (χ3n) is 4.66. The van der Waals surface area contributed by atoms with Crippen molar-refractivity contribution in [2.45, 2.75) is 44.9 Å². The second-order valence-corrected chi connectivity index (χ2v) is 9.56. The highest BCUT2D eigenvalue weighted by Crippen LogP contribution is 2.23. The first-order valence-corrected chi connectivity index (χ1v) is 11.4. The van der Waals surface area contributed by atoms with Crippen molar-refractivity contribution in [2.24, 2.45) is 16.8 Å². The summed E-state index contributed by atoms with van der Waals surface area (Å²) in [5.41, 5.74) is 0. The Hall–Kier alpha value is -0.830. The van der Waals surface area contributed by atoms with Crippen LogP contribution in [0.5, 0.6) is 0 Å². The molecule has 1 aliphatic heterocycles. The van der Waals surface area contributed by atoms with E-state index >= 15 is 0 Å². The molecule has 1 atom stereocenters. The molecule has 1 aromatic rings. The first-order chi connectivity index (χ1) is 12.4. The molecule has 2 rings (SSSR count). The molecule has 0 radical (unpaired) electrons. The number of rotatable bonds is 8. The Balaban J connectivity index is 0.00000364. The van der Waals surface area contributed by atoms with Crippen LogP contribution in [0.25, 0.3) is 0 Å². The maximum absolute atomic E-state index is 12.3. The number of sulfone groups is 1. The minimum atomic E-state index is -3.22. The predicted octanol–water partition coefficient (Wildman–Crippen LogP) is 3.80. The summed E-state index contributed by atoms with van der Waals surface area (Å²) in [7, 11) is -3.22. The lowest BCUT2D eigenvalue weighted by Gasteiger charge is -2.22. The third kappa shape index (κ3) is 7.97. The minimum absolute atomic E-state index is 0. The Morgan fingerprint density at radius 3 is 2.63 bits per heavy atom. The molecule has 5 nitrogen and oxygen atoms in total. The van der Waals surface area contributed by atoms with Crippen LogP contribution in [0.4, 0.5) is 0 Å². The fourth-order valence-corrected chi connectivity index (χ4v) is 4.81. The van der Waals surface area contributed by atoms with Crippen molar-refractivity contribution in [3.63, 3.8) is 0 Å². The van der Waals surface area contributed by atoms with Crippen molar-refractivity contribution >= 4 is 39.8 Å². The molecular weight excluding hydrogens is 473 g/mol. The van der Waals surface area contributed by atoms with Crippen LogP contribution in [0.1, 0.15) is 40.0 Å². The van der Waals surface area contributed by atoms with E-state index in [9.17, 15) is 8.42 Å². The lowest BCUT2D eigenvalue weighted by atomic mass is 9.97. The molecule has 7 heteroatoms. The first-order valence-electron chi connectivity index (χ1n) is 9.73. The van der Waals surface area contributed by atoms with Crippen molar-refractivity contribution < 1.29 is 8.42 Å². The number of hydrogen-bond donors (Lipinski definition) is 1. The molecule has 0 aromatic heterocycles. The van der Waals surface area contributed by atoms with Gasteiger partial charge in [0.25, 0.3) is 0 Å². The fraction of sp³-hybridized carbons (Fsp3) is 0.650. The molecule has 1 aromatic carbocycles. The monoisotopic (exact) mass is 507 g/mol. The summed E-state index contributed by atoms with van der Waals surface area (Å²) in [6.07, 6.45) is 3.01. The predicted molar refractivity (Wildman–Crippen MR) is 124 cm³/mol. The molecule has 1 heterocycles. The summed E-state index contributed by atoms with van der Waals surface area (Å²) >= 11 is 0. The van der Waals surface area contributed by atoms with Crippen molar-refractivity contribution in [3.8, 4) is 0 Å². The van der Waals surface area contributed by atoms with Gasteiger partial charge in [-0.1, -0.05) is 32.0 Å². The molecule has 1 saturated heterocycles. The topological polar surface area (TPSA) is 61.8 Å². The summed E-state index contributed by atoms with van der Waals surface area (Å²) < 4.78 is 24.7. The van der Waals surface area contributed by atoms with Gasteiger partial charge in [-0.05, 0) is 50.2 Å². The molecular formula is C20H34IN3O2S. The molecule has 1 N–H and O–H groups in total. The highest BCUT2D eigenvalue weighted by molar-refractivity contribution is 14.0. The van der Waals surface area contributed by atoms with Crippen LogP contribution in [0.3, 0.4) is 0 Å². The van der Waals surface area contributed by atoms with Gasteiger partial charge in [-0.15, -0.1) is 24.0 Å². The van der Waals surface area contributed by atoms with E-state index < -0.39 is 9.84 Å². The van der Waals surface area contributed by atoms with E-state index in [0.717, 1.165) is 37.4 Å². The van der Waals surface area contributed by atoms with Crippen LogP contribution < -0.4 is 5.32 Å². The molecule has 0 saturated carbocycles. The van der Waals surface area contributed by atoms with E-state index in [1.165, 1.54) is 12.8 Å². The van der Waals surface area contributed by atoms with Gasteiger partial charge in [0.15, 0.2) is 15.8 Å². The Morgan fingerprint density at radius 1 is 1.30 bits per heavy atom. The van der Waals surface area contributed by atoms with Crippen LogP contribution in [-0.2, 0) is 9.84 Å². The normalized spacial score (nSPS) is 17.9. The van der Waals surface area contributed by atoms with Crippen LogP contribution >= 0.6 is 24.0 Å². The number of likely N-dealkylation sites (tertiary alicyclic amines) is 1. The van der Waals surface area contributed by atoms with Gasteiger partial charge in [-0.3, -0.25) is 4.99 Å². The van der Waals surface area contributed by atoms with Crippen LogP contribution in [0.15, 0.2) is 40.2 Å². The Labute approximate surface area is 182 Å². The van der Waals surface area contributed by atoms with Gasteiger partial charge in [0.2, 0.25) is 0 Å². The van der Waals surface area contributed by atoms with Crippen molar-refractivity contribution in [3.05, 3.63) is 30.3 Å². The Bertz CT molecular complexity index is 678. The largest absolute Gasteiger partial charge is 0.357 e. The maximum atomic E-state index is 12.3. The highest BCUT2D eigenvalue weighted by Gasteiger charge is 2.25. The Kier molecular flexibility index (Phi) is 10.7. The van der Waals surface area contributed by atoms with E-state index in [-0.39, 0.29) is 29.7 Å². The number of halogens is 1. The number of benzene rings is 1. The zero-order chi connectivity index (χ0) is 19.0. The summed E-state index contributed by atoms with van der Waals surface area (Å²) in [5, 5.41) is 3.35. The van der Waals surface area contributed by atoms with Gasteiger partial charge in [-0.25, -0.2) is 8.42 Å². The average molecular weight is 507 g/mol. The maximum Gasteiger partial charge on any atom is 0.193 e. The van der Waals surface area contributed by atoms with Gasteiger partial charge in [-0.2, -0.15) is 0 Å². The summed E-state index contributed by atoms with van der Waals surface area (Å²) in [4.78, 5) is 7.39. The van der Waals surface area contributed by atoms with E-state index in [2.05, 4.69) is 36.0 Å². The minimum Gasteiger partial charge on any atom is -0.357 e.